The van der Waals surface area contributed by atoms with E-state index in [2.05, 4.69) is 0 Å². The first-order chi connectivity index (χ1) is 11.3. The number of halogens is 2. The molecule has 0 amide bonds. The Morgan fingerprint density at radius 3 is 1.43 bits per heavy atom. The zero-order valence-electron chi connectivity index (χ0n) is 14.4. The first-order valence-corrected chi connectivity index (χ1v) is 10.5. The first-order valence-electron chi connectivity index (χ1n) is 9.45. The highest BCUT2D eigenvalue weighted by Gasteiger charge is 2.16. The zero-order chi connectivity index (χ0) is 16.3. The predicted octanol–water partition coefficient (Wildman–Crippen LogP) is 7.19. The van der Waals surface area contributed by atoms with Gasteiger partial charge in [0.2, 0.25) is 0 Å². The van der Waals surface area contributed by atoms with Crippen LogP contribution in [0.1, 0.15) is 77.0 Å². The highest BCUT2D eigenvalue weighted by atomic mass is 35.5. The predicted molar refractivity (Wildman–Crippen MR) is 101 cm³/mol. The lowest BCUT2D eigenvalue weighted by Crippen LogP contribution is -2.08. The average molecular weight is 359 g/mol. The maximum atomic E-state index is 6.10. The highest BCUT2D eigenvalue weighted by Crippen LogP contribution is 2.30. The van der Waals surface area contributed by atoms with Crippen LogP contribution in [0.2, 0.25) is 0 Å². The summed E-state index contributed by atoms with van der Waals surface area (Å²) < 4.78 is 5.73. The number of allylic oxidation sites excluding steroid dienone is 2. The maximum Gasteiger partial charge on any atom is 0.0905 e. The molecule has 0 bridgehead atoms. The SMILES string of the molecule is ClCC(=COC=C(CCl)CC1CCCCC1)CC1CCCCC1. The summed E-state index contributed by atoms with van der Waals surface area (Å²) in [4.78, 5) is 0. The molecule has 0 aromatic carbocycles. The van der Waals surface area contributed by atoms with Crippen molar-refractivity contribution in [1.29, 1.82) is 0 Å². The Bertz CT molecular complexity index is 341. The van der Waals surface area contributed by atoms with E-state index in [0.717, 1.165) is 24.7 Å². The molecule has 0 aromatic rings. The van der Waals surface area contributed by atoms with Crippen LogP contribution >= 0.6 is 23.2 Å². The summed E-state index contributed by atoms with van der Waals surface area (Å²) in [5, 5.41) is 0. The van der Waals surface area contributed by atoms with Gasteiger partial charge in [-0.2, -0.15) is 0 Å². The number of hydrogen-bond donors (Lipinski definition) is 0. The van der Waals surface area contributed by atoms with E-state index in [9.17, 15) is 0 Å². The molecule has 0 atom stereocenters. The molecule has 2 rings (SSSR count). The van der Waals surface area contributed by atoms with Crippen LogP contribution in [0.15, 0.2) is 23.7 Å². The van der Waals surface area contributed by atoms with Crippen molar-refractivity contribution < 1.29 is 4.74 Å². The van der Waals surface area contributed by atoms with E-state index in [-0.39, 0.29) is 0 Å². The van der Waals surface area contributed by atoms with Crippen LogP contribution in [0.5, 0.6) is 0 Å². The second-order valence-electron chi connectivity index (χ2n) is 7.37. The summed E-state index contributed by atoms with van der Waals surface area (Å²) in [7, 11) is 0. The lowest BCUT2D eigenvalue weighted by molar-refractivity contribution is 0.337. The summed E-state index contributed by atoms with van der Waals surface area (Å²) in [6, 6.07) is 0. The van der Waals surface area contributed by atoms with Crippen molar-refractivity contribution in [1.82, 2.24) is 0 Å². The standard InChI is InChI=1S/C20H32Cl2O/c21-13-19(11-17-7-3-1-4-8-17)15-23-16-20(14-22)12-18-9-5-2-6-10-18/h15-18H,1-14H2. The largest absolute Gasteiger partial charge is 0.473 e. The van der Waals surface area contributed by atoms with Gasteiger partial charge in [-0.25, -0.2) is 0 Å². The molecule has 2 aliphatic carbocycles. The molecule has 132 valence electrons. The molecule has 0 unspecified atom stereocenters. The lowest BCUT2D eigenvalue weighted by atomic mass is 9.85. The summed E-state index contributed by atoms with van der Waals surface area (Å²) >= 11 is 12.2. The minimum atomic E-state index is 0.573. The fraction of sp³-hybridized carbons (Fsp3) is 0.800. The van der Waals surface area contributed by atoms with Crippen LogP contribution in [-0.4, -0.2) is 11.8 Å². The quantitative estimate of drug-likeness (QED) is 0.329. The van der Waals surface area contributed by atoms with Crippen LogP contribution in [0.25, 0.3) is 0 Å². The topological polar surface area (TPSA) is 9.23 Å². The maximum absolute atomic E-state index is 6.10. The van der Waals surface area contributed by atoms with E-state index in [1.165, 1.54) is 75.4 Å². The van der Waals surface area contributed by atoms with Gasteiger partial charge in [0.25, 0.3) is 0 Å². The number of alkyl halides is 2. The van der Waals surface area contributed by atoms with Gasteiger partial charge in [0, 0.05) is 11.8 Å². The van der Waals surface area contributed by atoms with Crippen LogP contribution in [0.4, 0.5) is 0 Å². The van der Waals surface area contributed by atoms with Crippen molar-refractivity contribution in [3.8, 4) is 0 Å². The van der Waals surface area contributed by atoms with E-state index in [0.29, 0.717) is 11.8 Å². The van der Waals surface area contributed by atoms with Crippen molar-refractivity contribution in [3.05, 3.63) is 23.7 Å². The molecule has 0 N–H and O–H groups in total. The Balaban J connectivity index is 1.79. The third-order valence-corrected chi connectivity index (χ3v) is 6.05. The molecular weight excluding hydrogens is 327 g/mol. The van der Waals surface area contributed by atoms with Gasteiger partial charge in [0.1, 0.15) is 0 Å². The zero-order valence-corrected chi connectivity index (χ0v) is 15.9. The monoisotopic (exact) mass is 358 g/mol. The van der Waals surface area contributed by atoms with Gasteiger partial charge in [-0.15, -0.1) is 23.2 Å². The van der Waals surface area contributed by atoms with E-state index < -0.39 is 0 Å². The van der Waals surface area contributed by atoms with Gasteiger partial charge in [0.05, 0.1) is 12.5 Å². The Kier molecular flexibility index (Phi) is 9.53. The molecule has 0 radical (unpaired) electrons. The Labute approximate surface area is 152 Å². The van der Waals surface area contributed by atoms with E-state index in [1.807, 2.05) is 12.5 Å². The minimum absolute atomic E-state index is 0.573. The van der Waals surface area contributed by atoms with Crippen molar-refractivity contribution in [2.75, 3.05) is 11.8 Å². The van der Waals surface area contributed by atoms with Gasteiger partial charge in [0.15, 0.2) is 0 Å². The average Bonchev–Trinajstić information content (AvgIpc) is 2.61. The van der Waals surface area contributed by atoms with Crippen LogP contribution in [0, 0.1) is 11.8 Å². The Morgan fingerprint density at radius 1 is 0.696 bits per heavy atom. The molecule has 0 aliphatic heterocycles. The smallest absolute Gasteiger partial charge is 0.0905 e. The second-order valence-corrected chi connectivity index (χ2v) is 7.91. The van der Waals surface area contributed by atoms with Gasteiger partial charge in [-0.1, -0.05) is 64.2 Å². The van der Waals surface area contributed by atoms with Gasteiger partial charge < -0.3 is 4.74 Å². The number of hydrogen-bond acceptors (Lipinski definition) is 1. The van der Waals surface area contributed by atoms with Gasteiger partial charge in [-0.3, -0.25) is 0 Å². The molecule has 2 aliphatic rings. The third-order valence-electron chi connectivity index (χ3n) is 5.36. The minimum Gasteiger partial charge on any atom is -0.473 e. The normalized spacial score (nSPS) is 22.3. The van der Waals surface area contributed by atoms with Gasteiger partial charge >= 0.3 is 0 Å². The van der Waals surface area contributed by atoms with E-state index in [4.69, 9.17) is 27.9 Å². The molecule has 0 saturated heterocycles. The summed E-state index contributed by atoms with van der Waals surface area (Å²) in [5.41, 5.74) is 2.45. The highest BCUT2D eigenvalue weighted by molar-refractivity contribution is 6.19. The Hall–Kier alpha value is -0.140. The molecule has 0 aromatic heterocycles. The molecule has 2 saturated carbocycles. The van der Waals surface area contributed by atoms with Crippen LogP contribution in [0.3, 0.4) is 0 Å². The summed E-state index contributed by atoms with van der Waals surface area (Å²) in [6.07, 6.45) is 19.6. The van der Waals surface area contributed by atoms with Gasteiger partial charge in [-0.05, 0) is 35.8 Å². The molecule has 0 spiro atoms. The van der Waals surface area contributed by atoms with Crippen molar-refractivity contribution >= 4 is 23.2 Å². The number of rotatable bonds is 8. The van der Waals surface area contributed by atoms with Crippen LogP contribution in [-0.2, 0) is 4.74 Å². The lowest BCUT2D eigenvalue weighted by Gasteiger charge is -2.22. The fourth-order valence-electron chi connectivity index (χ4n) is 4.02. The first kappa shape index (κ1) is 19.2. The molecule has 0 heterocycles. The van der Waals surface area contributed by atoms with E-state index in [1.54, 1.807) is 0 Å². The third kappa shape index (κ3) is 7.52. The molecule has 2 fully saturated rings. The Morgan fingerprint density at radius 2 is 1.09 bits per heavy atom. The van der Waals surface area contributed by atoms with Crippen molar-refractivity contribution in [2.24, 2.45) is 11.8 Å². The number of ether oxygens (including phenoxy) is 1. The molecule has 23 heavy (non-hydrogen) atoms. The van der Waals surface area contributed by atoms with Crippen molar-refractivity contribution in [3.63, 3.8) is 0 Å². The molecule has 3 heteroatoms. The van der Waals surface area contributed by atoms with Crippen LogP contribution < -0.4 is 0 Å². The fourth-order valence-corrected chi connectivity index (χ4v) is 4.36. The second kappa shape index (κ2) is 11.4. The molecule has 1 nitrogen and oxygen atoms in total. The summed E-state index contributed by atoms with van der Waals surface area (Å²) in [5.74, 6) is 2.75. The molecular formula is C20H32Cl2O. The summed E-state index contributed by atoms with van der Waals surface area (Å²) in [6.45, 7) is 0. The van der Waals surface area contributed by atoms with E-state index >= 15 is 0 Å². The van der Waals surface area contributed by atoms with Crippen molar-refractivity contribution in [2.45, 2.75) is 77.0 Å².